The van der Waals surface area contributed by atoms with Crippen molar-refractivity contribution in [2.45, 2.75) is 26.3 Å². The molecule has 0 aromatic heterocycles. The molecule has 1 atom stereocenters. The first kappa shape index (κ1) is 22.5. The lowest BCUT2D eigenvalue weighted by molar-refractivity contribution is 0.286. The number of benzene rings is 2. The number of fused-ring (bicyclic) bond motifs is 1. The minimum atomic E-state index is -0.0593. The zero-order valence-electron chi connectivity index (χ0n) is 16.6. The molecule has 7 heteroatoms. The zero-order valence-corrected chi connectivity index (χ0v) is 18.2. The van der Waals surface area contributed by atoms with Crippen LogP contribution in [0.5, 0.6) is 23.0 Å². The predicted octanol–water partition coefficient (Wildman–Crippen LogP) is 4.81. The summed E-state index contributed by atoms with van der Waals surface area (Å²) < 4.78 is 22.4. The average Bonchev–Trinajstić information content (AvgIpc) is 2.68. The number of nitrogens with one attached hydrogen (secondary N) is 1. The molecule has 3 rings (SSSR count). The molecule has 2 aromatic rings. The summed E-state index contributed by atoms with van der Waals surface area (Å²) in [6.07, 6.45) is 0.920. The van der Waals surface area contributed by atoms with Gasteiger partial charge in [-0.05, 0) is 55.2 Å². The highest BCUT2D eigenvalue weighted by Crippen LogP contribution is 2.44. The minimum absolute atomic E-state index is 0. The number of methoxy groups -OCH3 is 2. The summed E-state index contributed by atoms with van der Waals surface area (Å²) in [6, 6.07) is 7.96. The van der Waals surface area contributed by atoms with Gasteiger partial charge in [0.2, 0.25) is 0 Å². The second-order valence-corrected chi connectivity index (χ2v) is 6.58. The molecule has 0 spiro atoms. The summed E-state index contributed by atoms with van der Waals surface area (Å²) >= 11 is 6.67. The summed E-state index contributed by atoms with van der Waals surface area (Å²) in [7, 11) is 3.20. The first-order chi connectivity index (χ1) is 13.1. The zero-order chi connectivity index (χ0) is 19.4. The molecular weight excluding hydrogens is 401 g/mol. The highest BCUT2D eigenvalue weighted by Gasteiger charge is 2.27. The molecule has 1 aliphatic heterocycles. The number of halogens is 2. The Morgan fingerprint density at radius 3 is 2.25 bits per heavy atom. The van der Waals surface area contributed by atoms with Crippen molar-refractivity contribution >= 4 is 24.0 Å². The Labute approximate surface area is 177 Å². The van der Waals surface area contributed by atoms with E-state index in [1.54, 1.807) is 14.2 Å². The topological polar surface area (TPSA) is 49.0 Å². The Balaban J connectivity index is 0.00000280. The molecule has 0 saturated carbocycles. The van der Waals surface area contributed by atoms with E-state index >= 15 is 0 Å². The maximum Gasteiger partial charge on any atom is 0.179 e. The number of hydrogen-bond donors (Lipinski definition) is 1. The van der Waals surface area contributed by atoms with Crippen molar-refractivity contribution in [1.82, 2.24) is 5.32 Å². The van der Waals surface area contributed by atoms with Gasteiger partial charge in [0.25, 0.3) is 0 Å². The third kappa shape index (κ3) is 4.27. The van der Waals surface area contributed by atoms with Gasteiger partial charge in [0.15, 0.2) is 23.0 Å². The van der Waals surface area contributed by atoms with Gasteiger partial charge in [-0.1, -0.05) is 17.7 Å². The van der Waals surface area contributed by atoms with Crippen LogP contribution >= 0.6 is 24.0 Å². The van der Waals surface area contributed by atoms with Crippen LogP contribution in [-0.4, -0.2) is 34.0 Å². The smallest absolute Gasteiger partial charge is 0.179 e. The molecule has 2 aromatic carbocycles. The molecular formula is C21H27Cl2NO4. The number of ether oxygens (including phenoxy) is 4. The molecule has 0 amide bonds. The van der Waals surface area contributed by atoms with Crippen molar-refractivity contribution in [2.75, 3.05) is 34.0 Å². The Morgan fingerprint density at radius 1 is 0.964 bits per heavy atom. The van der Waals surface area contributed by atoms with Crippen LogP contribution in [-0.2, 0) is 6.42 Å². The van der Waals surface area contributed by atoms with Crippen molar-refractivity contribution in [3.63, 3.8) is 0 Å². The van der Waals surface area contributed by atoms with E-state index in [2.05, 4.69) is 17.4 Å². The van der Waals surface area contributed by atoms with Crippen LogP contribution in [0.1, 0.15) is 36.6 Å². The molecule has 1 aliphatic rings. The Morgan fingerprint density at radius 2 is 1.64 bits per heavy atom. The first-order valence-corrected chi connectivity index (χ1v) is 9.58. The fourth-order valence-electron chi connectivity index (χ4n) is 3.51. The van der Waals surface area contributed by atoms with E-state index in [0.717, 1.165) is 35.6 Å². The van der Waals surface area contributed by atoms with Crippen molar-refractivity contribution in [3.05, 3.63) is 46.0 Å². The Bertz CT molecular complexity index is 813. The monoisotopic (exact) mass is 427 g/mol. The molecule has 5 nitrogen and oxygen atoms in total. The third-order valence-electron chi connectivity index (χ3n) is 4.68. The SMILES string of the molecule is CCOc1cc2c(cc1OCC)C(c1ccc(OC)c(OC)c1Cl)NCC2.Cl. The molecule has 28 heavy (non-hydrogen) atoms. The molecule has 0 saturated heterocycles. The van der Waals surface area contributed by atoms with Crippen LogP contribution in [0.15, 0.2) is 24.3 Å². The van der Waals surface area contributed by atoms with E-state index in [1.807, 2.05) is 26.0 Å². The summed E-state index contributed by atoms with van der Waals surface area (Å²) in [4.78, 5) is 0. The third-order valence-corrected chi connectivity index (χ3v) is 5.07. The van der Waals surface area contributed by atoms with E-state index in [9.17, 15) is 0 Å². The second-order valence-electron chi connectivity index (χ2n) is 6.21. The van der Waals surface area contributed by atoms with Crippen LogP contribution in [0.25, 0.3) is 0 Å². The normalized spacial score (nSPS) is 15.2. The Hall–Kier alpha value is -1.82. The molecule has 0 fully saturated rings. The van der Waals surface area contributed by atoms with Gasteiger partial charge in [-0.15, -0.1) is 12.4 Å². The molecule has 1 heterocycles. The lowest BCUT2D eigenvalue weighted by Gasteiger charge is -2.30. The van der Waals surface area contributed by atoms with Crippen molar-refractivity contribution < 1.29 is 18.9 Å². The van der Waals surface area contributed by atoms with Gasteiger partial charge in [0, 0.05) is 6.54 Å². The van der Waals surface area contributed by atoms with Crippen LogP contribution < -0.4 is 24.3 Å². The molecule has 154 valence electrons. The van der Waals surface area contributed by atoms with E-state index in [0.29, 0.717) is 29.7 Å². The van der Waals surface area contributed by atoms with Gasteiger partial charge in [-0.25, -0.2) is 0 Å². The summed E-state index contributed by atoms with van der Waals surface area (Å²) in [5.74, 6) is 2.70. The molecule has 0 radical (unpaired) electrons. The number of rotatable bonds is 7. The molecule has 0 aliphatic carbocycles. The van der Waals surface area contributed by atoms with Gasteiger partial charge < -0.3 is 24.3 Å². The van der Waals surface area contributed by atoms with Crippen molar-refractivity contribution in [1.29, 1.82) is 0 Å². The Kier molecular flexibility index (Phi) is 8.10. The maximum absolute atomic E-state index is 6.67. The summed E-state index contributed by atoms with van der Waals surface area (Å²) in [6.45, 7) is 5.97. The highest BCUT2D eigenvalue weighted by molar-refractivity contribution is 6.33. The second kappa shape index (κ2) is 10.1. The largest absolute Gasteiger partial charge is 0.493 e. The summed E-state index contributed by atoms with van der Waals surface area (Å²) in [5, 5.41) is 4.11. The van der Waals surface area contributed by atoms with Gasteiger partial charge in [-0.3, -0.25) is 0 Å². The molecule has 1 unspecified atom stereocenters. The lowest BCUT2D eigenvalue weighted by atomic mass is 9.89. The van der Waals surface area contributed by atoms with Crippen LogP contribution in [0.4, 0.5) is 0 Å². The average molecular weight is 428 g/mol. The predicted molar refractivity (Wildman–Crippen MR) is 114 cm³/mol. The van der Waals surface area contributed by atoms with E-state index < -0.39 is 0 Å². The molecule has 1 N–H and O–H groups in total. The van der Waals surface area contributed by atoms with Crippen molar-refractivity contribution in [2.24, 2.45) is 0 Å². The van der Waals surface area contributed by atoms with Crippen molar-refractivity contribution in [3.8, 4) is 23.0 Å². The van der Waals surface area contributed by atoms with Crippen LogP contribution in [0.3, 0.4) is 0 Å². The van der Waals surface area contributed by atoms with Gasteiger partial charge in [0.1, 0.15) is 0 Å². The standard InChI is InChI=1S/C21H26ClNO4.ClH/c1-5-26-17-11-13-9-10-23-20(15(13)12-18(17)27-6-2)14-7-8-16(24-3)21(25-4)19(14)22;/h7-8,11-12,20,23H,5-6,9-10H2,1-4H3;1H. The lowest BCUT2D eigenvalue weighted by Crippen LogP contribution is -2.31. The first-order valence-electron chi connectivity index (χ1n) is 9.20. The summed E-state index contributed by atoms with van der Waals surface area (Å²) in [5.41, 5.74) is 3.32. The number of hydrogen-bond acceptors (Lipinski definition) is 5. The van der Waals surface area contributed by atoms with E-state index in [-0.39, 0.29) is 18.4 Å². The quantitative estimate of drug-likeness (QED) is 0.686. The van der Waals surface area contributed by atoms with Gasteiger partial charge >= 0.3 is 0 Å². The van der Waals surface area contributed by atoms with E-state index in [4.69, 9.17) is 30.5 Å². The van der Waals surface area contributed by atoms with Gasteiger partial charge in [0.05, 0.1) is 38.5 Å². The fraction of sp³-hybridized carbons (Fsp3) is 0.429. The molecule has 0 bridgehead atoms. The maximum atomic E-state index is 6.67. The van der Waals surface area contributed by atoms with Gasteiger partial charge in [-0.2, -0.15) is 0 Å². The highest BCUT2D eigenvalue weighted by atomic mass is 35.5. The van der Waals surface area contributed by atoms with Crippen LogP contribution in [0.2, 0.25) is 5.02 Å². The van der Waals surface area contributed by atoms with E-state index in [1.165, 1.54) is 5.56 Å². The minimum Gasteiger partial charge on any atom is -0.493 e. The fourth-order valence-corrected chi connectivity index (χ4v) is 3.85. The van der Waals surface area contributed by atoms with Crippen LogP contribution in [0, 0.1) is 0 Å².